The topological polar surface area (TPSA) is 69.5 Å². The van der Waals surface area contributed by atoms with Crippen molar-refractivity contribution in [2.45, 2.75) is 13.0 Å². The van der Waals surface area contributed by atoms with Gasteiger partial charge in [-0.05, 0) is 36.8 Å². The standard InChI is InChI=1S/C22H22N4O3S/c1-28-18-9-8-16(14-19(18)29-2)21(27)26(12-5-11-25-13-10-23-15-25)22-24-17-6-3-4-7-20(17)30-22/h3-4,6-10,13-15H,5,11-12H2,1-2H3. The maximum atomic E-state index is 13.5. The van der Waals surface area contributed by atoms with Crippen LogP contribution in [0, 0.1) is 0 Å². The first-order valence-corrected chi connectivity index (χ1v) is 10.4. The number of carbonyl (C=O) groups excluding carboxylic acids is 1. The summed E-state index contributed by atoms with van der Waals surface area (Å²) < 4.78 is 13.7. The number of methoxy groups -OCH3 is 2. The third kappa shape index (κ3) is 4.13. The van der Waals surface area contributed by atoms with Gasteiger partial charge in [0.1, 0.15) is 0 Å². The highest BCUT2D eigenvalue weighted by molar-refractivity contribution is 7.22. The van der Waals surface area contributed by atoms with Crippen molar-refractivity contribution in [3.8, 4) is 11.5 Å². The van der Waals surface area contributed by atoms with Gasteiger partial charge in [0, 0.05) is 31.0 Å². The van der Waals surface area contributed by atoms with Crippen molar-refractivity contribution in [3.63, 3.8) is 0 Å². The number of imidazole rings is 1. The van der Waals surface area contributed by atoms with Crippen LogP contribution >= 0.6 is 11.3 Å². The number of hydrogen-bond donors (Lipinski definition) is 0. The molecule has 0 radical (unpaired) electrons. The first kappa shape index (κ1) is 19.9. The molecule has 8 heteroatoms. The van der Waals surface area contributed by atoms with Crippen molar-refractivity contribution in [3.05, 3.63) is 66.7 Å². The maximum Gasteiger partial charge on any atom is 0.260 e. The van der Waals surface area contributed by atoms with E-state index >= 15 is 0 Å². The fourth-order valence-electron chi connectivity index (χ4n) is 3.22. The zero-order valence-electron chi connectivity index (χ0n) is 16.8. The highest BCUT2D eigenvalue weighted by atomic mass is 32.1. The number of benzene rings is 2. The van der Waals surface area contributed by atoms with E-state index in [4.69, 9.17) is 14.5 Å². The van der Waals surface area contributed by atoms with E-state index in [2.05, 4.69) is 4.98 Å². The lowest BCUT2D eigenvalue weighted by molar-refractivity contribution is 0.0986. The summed E-state index contributed by atoms with van der Waals surface area (Å²) in [5.41, 5.74) is 1.41. The molecule has 0 atom stereocenters. The lowest BCUT2D eigenvalue weighted by Gasteiger charge is -2.20. The molecule has 4 rings (SSSR count). The smallest absolute Gasteiger partial charge is 0.260 e. The van der Waals surface area contributed by atoms with Gasteiger partial charge in [-0.15, -0.1) is 0 Å². The predicted molar refractivity (Wildman–Crippen MR) is 118 cm³/mol. The normalized spacial score (nSPS) is 10.9. The van der Waals surface area contributed by atoms with E-state index in [1.807, 2.05) is 35.0 Å². The lowest BCUT2D eigenvalue weighted by Crippen LogP contribution is -2.32. The van der Waals surface area contributed by atoms with E-state index in [1.165, 1.54) is 11.3 Å². The second-order valence-electron chi connectivity index (χ2n) is 6.64. The molecule has 0 saturated heterocycles. The summed E-state index contributed by atoms with van der Waals surface area (Å²) in [7, 11) is 3.13. The number of hydrogen-bond acceptors (Lipinski definition) is 6. The quantitative estimate of drug-likeness (QED) is 0.425. The van der Waals surface area contributed by atoms with Crippen LogP contribution < -0.4 is 14.4 Å². The molecule has 0 saturated carbocycles. The third-order valence-electron chi connectivity index (χ3n) is 4.75. The summed E-state index contributed by atoms with van der Waals surface area (Å²) >= 11 is 1.51. The number of anilines is 1. The number of aromatic nitrogens is 3. The van der Waals surface area contributed by atoms with Gasteiger partial charge in [-0.25, -0.2) is 9.97 Å². The van der Waals surface area contributed by atoms with Gasteiger partial charge >= 0.3 is 0 Å². The number of aryl methyl sites for hydroxylation is 1. The van der Waals surface area contributed by atoms with Gasteiger partial charge in [-0.1, -0.05) is 23.5 Å². The molecule has 4 aromatic rings. The number of nitrogens with zero attached hydrogens (tertiary/aromatic N) is 4. The SMILES string of the molecule is COc1ccc(C(=O)N(CCCn2ccnc2)c2nc3ccccc3s2)cc1OC. The van der Waals surface area contributed by atoms with Gasteiger partial charge in [0.05, 0.1) is 30.8 Å². The first-order valence-electron chi connectivity index (χ1n) is 9.55. The Morgan fingerprint density at radius 1 is 1.13 bits per heavy atom. The molecule has 0 aliphatic carbocycles. The van der Waals surface area contributed by atoms with Crippen LogP contribution in [0.1, 0.15) is 16.8 Å². The predicted octanol–water partition coefficient (Wildman–Crippen LogP) is 4.25. The lowest BCUT2D eigenvalue weighted by atomic mass is 10.1. The van der Waals surface area contributed by atoms with Crippen molar-refractivity contribution < 1.29 is 14.3 Å². The molecule has 0 aliphatic heterocycles. The fraction of sp³-hybridized carbons (Fsp3) is 0.227. The van der Waals surface area contributed by atoms with E-state index in [1.54, 1.807) is 49.8 Å². The summed E-state index contributed by atoms with van der Waals surface area (Å²) in [4.78, 5) is 24.0. The van der Waals surface area contributed by atoms with Gasteiger partial charge < -0.3 is 14.0 Å². The average molecular weight is 423 g/mol. The summed E-state index contributed by atoms with van der Waals surface area (Å²) in [5, 5.41) is 0.682. The number of thiazole rings is 1. The number of fused-ring (bicyclic) bond motifs is 1. The first-order chi connectivity index (χ1) is 14.7. The van der Waals surface area contributed by atoms with Crippen molar-refractivity contribution in [1.82, 2.24) is 14.5 Å². The molecule has 154 valence electrons. The van der Waals surface area contributed by atoms with Gasteiger partial charge in [0.2, 0.25) is 0 Å². The van der Waals surface area contributed by atoms with Crippen molar-refractivity contribution in [2.24, 2.45) is 0 Å². The van der Waals surface area contributed by atoms with E-state index in [9.17, 15) is 4.79 Å². The number of carbonyl (C=O) groups is 1. The maximum absolute atomic E-state index is 13.5. The molecular weight excluding hydrogens is 400 g/mol. The van der Waals surface area contributed by atoms with E-state index in [-0.39, 0.29) is 5.91 Å². The van der Waals surface area contributed by atoms with Crippen LogP contribution in [0.3, 0.4) is 0 Å². The van der Waals surface area contributed by atoms with Gasteiger partial charge in [0.15, 0.2) is 16.6 Å². The van der Waals surface area contributed by atoms with Crippen LogP contribution in [0.2, 0.25) is 0 Å². The van der Waals surface area contributed by atoms with E-state index in [0.29, 0.717) is 28.7 Å². The van der Waals surface area contributed by atoms with Crippen LogP contribution in [0.25, 0.3) is 10.2 Å². The minimum Gasteiger partial charge on any atom is -0.493 e. The Kier molecular flexibility index (Phi) is 5.94. The Hall–Kier alpha value is -3.39. The van der Waals surface area contributed by atoms with Crippen LogP contribution in [0.5, 0.6) is 11.5 Å². The summed E-state index contributed by atoms with van der Waals surface area (Å²) in [6.45, 7) is 1.30. The molecular formula is C22H22N4O3S. The molecule has 0 N–H and O–H groups in total. The molecule has 0 aliphatic rings. The Balaban J connectivity index is 1.64. The van der Waals surface area contributed by atoms with Crippen LogP contribution in [0.15, 0.2) is 61.2 Å². The molecule has 2 heterocycles. The van der Waals surface area contributed by atoms with E-state index < -0.39 is 0 Å². The molecule has 7 nitrogen and oxygen atoms in total. The Morgan fingerprint density at radius 3 is 2.70 bits per heavy atom. The number of rotatable bonds is 8. The van der Waals surface area contributed by atoms with Crippen molar-refractivity contribution in [2.75, 3.05) is 25.7 Å². The molecule has 0 unspecified atom stereocenters. The molecule has 0 fully saturated rings. The number of amides is 1. The molecule has 30 heavy (non-hydrogen) atoms. The van der Waals surface area contributed by atoms with Gasteiger partial charge in [-0.2, -0.15) is 0 Å². The number of para-hydroxylation sites is 1. The van der Waals surface area contributed by atoms with Gasteiger partial charge in [-0.3, -0.25) is 9.69 Å². The van der Waals surface area contributed by atoms with Crippen LogP contribution in [0.4, 0.5) is 5.13 Å². The zero-order chi connectivity index (χ0) is 20.9. The highest BCUT2D eigenvalue weighted by Gasteiger charge is 2.22. The minimum absolute atomic E-state index is 0.124. The third-order valence-corrected chi connectivity index (χ3v) is 5.81. The average Bonchev–Trinajstić information content (AvgIpc) is 3.45. The molecule has 1 amide bonds. The Labute approximate surface area is 178 Å². The Morgan fingerprint density at radius 2 is 1.97 bits per heavy atom. The molecule has 2 aromatic carbocycles. The summed E-state index contributed by atoms with van der Waals surface area (Å²) in [5.74, 6) is 0.979. The minimum atomic E-state index is -0.124. The second kappa shape index (κ2) is 8.96. The van der Waals surface area contributed by atoms with Crippen LogP contribution in [-0.2, 0) is 6.54 Å². The summed E-state index contributed by atoms with van der Waals surface area (Å²) in [6.07, 6.45) is 6.21. The largest absolute Gasteiger partial charge is 0.493 e. The molecule has 0 bridgehead atoms. The zero-order valence-corrected chi connectivity index (χ0v) is 17.6. The summed E-state index contributed by atoms with van der Waals surface area (Å²) in [6, 6.07) is 13.1. The fourth-order valence-corrected chi connectivity index (χ4v) is 4.20. The number of ether oxygens (including phenoxy) is 2. The monoisotopic (exact) mass is 422 g/mol. The van der Waals surface area contributed by atoms with Crippen LogP contribution in [-0.4, -0.2) is 41.2 Å². The molecule has 2 aromatic heterocycles. The second-order valence-corrected chi connectivity index (χ2v) is 7.65. The van der Waals surface area contributed by atoms with Gasteiger partial charge in [0.25, 0.3) is 5.91 Å². The van der Waals surface area contributed by atoms with Crippen molar-refractivity contribution >= 4 is 32.6 Å². The van der Waals surface area contributed by atoms with E-state index in [0.717, 1.165) is 23.2 Å². The molecule has 0 spiro atoms. The highest BCUT2D eigenvalue weighted by Crippen LogP contribution is 2.32. The van der Waals surface area contributed by atoms with Crippen molar-refractivity contribution in [1.29, 1.82) is 0 Å². The Bertz CT molecular complexity index is 1110.